The number of halogens is 4. The number of morpholine rings is 1. The fourth-order valence-electron chi connectivity index (χ4n) is 4.30. The van der Waals surface area contributed by atoms with Gasteiger partial charge >= 0.3 is 6.18 Å². The summed E-state index contributed by atoms with van der Waals surface area (Å²) in [6.45, 7) is 8.59. The summed E-state index contributed by atoms with van der Waals surface area (Å²) in [5, 5.41) is 3.00. The zero-order valence-corrected chi connectivity index (χ0v) is 18.7. The van der Waals surface area contributed by atoms with Crippen LogP contribution in [-0.4, -0.2) is 67.3 Å². The summed E-state index contributed by atoms with van der Waals surface area (Å²) in [6.07, 6.45) is -1.09. The topological polar surface area (TPSA) is 57.7 Å². The Morgan fingerprint density at radius 2 is 1.90 bits per heavy atom. The van der Waals surface area contributed by atoms with E-state index in [2.05, 4.69) is 29.0 Å². The van der Waals surface area contributed by atoms with Crippen molar-refractivity contribution < 1.29 is 22.7 Å². The lowest BCUT2D eigenvalue weighted by Gasteiger charge is -2.35. The minimum absolute atomic E-state index is 0.0236. The summed E-state index contributed by atoms with van der Waals surface area (Å²) in [7, 11) is 0. The highest BCUT2D eigenvalue weighted by atomic mass is 35.5. The zero-order valence-electron chi connectivity index (χ0n) is 17.9. The van der Waals surface area contributed by atoms with E-state index in [0.29, 0.717) is 38.3 Å². The van der Waals surface area contributed by atoms with Crippen LogP contribution in [-0.2, 0) is 15.7 Å². The van der Waals surface area contributed by atoms with Crippen molar-refractivity contribution in [2.45, 2.75) is 51.5 Å². The predicted molar refractivity (Wildman–Crippen MR) is 113 cm³/mol. The van der Waals surface area contributed by atoms with Crippen LogP contribution in [0.4, 0.5) is 19.0 Å². The van der Waals surface area contributed by atoms with Gasteiger partial charge in [0.25, 0.3) is 0 Å². The molecule has 10 heteroatoms. The Morgan fingerprint density at radius 3 is 2.48 bits per heavy atom. The summed E-state index contributed by atoms with van der Waals surface area (Å²) >= 11 is 6.04. The Hall–Kier alpha value is -1.58. The SMILES string of the molecule is C[C@@H]1CN(CCCNC(=O)C2CCN(c3ncc(C(F)(F)F)cc3Cl)CC2)C[C@@H](C)O1. The molecule has 1 N–H and O–H groups in total. The maximum absolute atomic E-state index is 12.8. The molecule has 3 heterocycles. The van der Waals surface area contributed by atoms with Crippen molar-refractivity contribution in [3.8, 4) is 0 Å². The fourth-order valence-corrected chi connectivity index (χ4v) is 4.58. The molecule has 2 aliphatic rings. The molecule has 0 spiro atoms. The van der Waals surface area contributed by atoms with Crippen molar-refractivity contribution in [2.75, 3.05) is 44.2 Å². The Kier molecular flexibility index (Phi) is 8.04. The number of nitrogens with one attached hydrogen (secondary N) is 1. The number of alkyl halides is 3. The second kappa shape index (κ2) is 10.4. The molecule has 6 nitrogen and oxygen atoms in total. The summed E-state index contributed by atoms with van der Waals surface area (Å²) in [6, 6.07) is 0.901. The van der Waals surface area contributed by atoms with Crippen molar-refractivity contribution >= 4 is 23.3 Å². The van der Waals surface area contributed by atoms with Gasteiger partial charge < -0.3 is 15.0 Å². The summed E-state index contributed by atoms with van der Waals surface area (Å²) < 4.78 is 44.1. The van der Waals surface area contributed by atoms with Crippen LogP contribution >= 0.6 is 11.6 Å². The first kappa shape index (κ1) is 24.1. The van der Waals surface area contributed by atoms with Gasteiger partial charge in [-0.1, -0.05) is 11.6 Å². The van der Waals surface area contributed by atoms with E-state index in [1.54, 1.807) is 0 Å². The summed E-state index contributed by atoms with van der Waals surface area (Å²) in [4.78, 5) is 20.6. The van der Waals surface area contributed by atoms with Crippen molar-refractivity contribution in [3.63, 3.8) is 0 Å². The van der Waals surface area contributed by atoms with Crippen LogP contribution < -0.4 is 10.2 Å². The first-order valence-electron chi connectivity index (χ1n) is 10.8. The van der Waals surface area contributed by atoms with Gasteiger partial charge in [-0.15, -0.1) is 0 Å². The van der Waals surface area contributed by atoms with E-state index in [0.717, 1.165) is 38.3 Å². The van der Waals surface area contributed by atoms with Gasteiger partial charge in [-0.3, -0.25) is 9.69 Å². The lowest BCUT2D eigenvalue weighted by molar-refractivity contribution is -0.137. The third-order valence-electron chi connectivity index (χ3n) is 5.76. The van der Waals surface area contributed by atoms with E-state index in [-0.39, 0.29) is 29.1 Å². The molecule has 0 radical (unpaired) electrons. The monoisotopic (exact) mass is 462 g/mol. The quantitative estimate of drug-likeness (QED) is 0.655. The highest BCUT2D eigenvalue weighted by Crippen LogP contribution is 2.34. The van der Waals surface area contributed by atoms with Gasteiger partial charge in [0.15, 0.2) is 0 Å². The van der Waals surface area contributed by atoms with Crippen LogP contribution in [0.15, 0.2) is 12.3 Å². The van der Waals surface area contributed by atoms with Gasteiger partial charge in [-0.25, -0.2) is 4.98 Å². The van der Waals surface area contributed by atoms with Crippen LogP contribution in [0.3, 0.4) is 0 Å². The van der Waals surface area contributed by atoms with Crippen LogP contribution in [0.25, 0.3) is 0 Å². The maximum atomic E-state index is 12.8. The smallest absolute Gasteiger partial charge is 0.373 e. The Balaban J connectivity index is 1.40. The average molecular weight is 463 g/mol. The van der Waals surface area contributed by atoms with E-state index >= 15 is 0 Å². The molecule has 2 aliphatic heterocycles. The second-order valence-corrected chi connectivity index (χ2v) is 8.86. The number of ether oxygens (including phenoxy) is 1. The molecule has 1 aromatic rings. The second-order valence-electron chi connectivity index (χ2n) is 8.45. The molecule has 2 fully saturated rings. The van der Waals surface area contributed by atoms with Gasteiger partial charge in [0.1, 0.15) is 5.82 Å². The van der Waals surface area contributed by atoms with E-state index in [1.807, 2.05) is 4.90 Å². The number of hydrogen-bond acceptors (Lipinski definition) is 5. The summed E-state index contributed by atoms with van der Waals surface area (Å²) in [5.41, 5.74) is -0.864. The molecule has 0 aromatic carbocycles. The van der Waals surface area contributed by atoms with Gasteiger partial charge in [-0.05, 0) is 39.2 Å². The molecule has 1 aromatic heterocycles. The lowest BCUT2D eigenvalue weighted by Crippen LogP contribution is -2.46. The van der Waals surface area contributed by atoms with Crippen molar-refractivity contribution in [1.82, 2.24) is 15.2 Å². The molecule has 0 aliphatic carbocycles. The largest absolute Gasteiger partial charge is 0.417 e. The minimum atomic E-state index is -4.47. The number of amides is 1. The van der Waals surface area contributed by atoms with E-state index in [1.165, 1.54) is 0 Å². The fraction of sp³-hybridized carbons (Fsp3) is 0.714. The van der Waals surface area contributed by atoms with Crippen LogP contribution in [0.2, 0.25) is 5.02 Å². The van der Waals surface area contributed by atoms with Crippen LogP contribution in [0.5, 0.6) is 0 Å². The first-order chi connectivity index (χ1) is 14.6. The number of hydrogen-bond donors (Lipinski definition) is 1. The number of carbonyl (C=O) groups is 1. The molecule has 1 amide bonds. The third-order valence-corrected chi connectivity index (χ3v) is 6.04. The molecule has 0 saturated carbocycles. The highest BCUT2D eigenvalue weighted by molar-refractivity contribution is 6.33. The van der Waals surface area contributed by atoms with Gasteiger partial charge in [-0.2, -0.15) is 13.2 Å². The maximum Gasteiger partial charge on any atom is 0.417 e. The minimum Gasteiger partial charge on any atom is -0.373 e. The molecule has 2 saturated heterocycles. The molecule has 174 valence electrons. The van der Waals surface area contributed by atoms with Crippen molar-refractivity contribution in [2.24, 2.45) is 5.92 Å². The Bertz CT molecular complexity index is 747. The molecular formula is C21H30ClF3N4O2. The van der Waals surface area contributed by atoms with Gasteiger partial charge in [0.05, 0.1) is 22.8 Å². The molecule has 0 unspecified atom stereocenters. The number of anilines is 1. The van der Waals surface area contributed by atoms with Crippen LogP contribution in [0.1, 0.15) is 38.7 Å². The number of piperidine rings is 1. The van der Waals surface area contributed by atoms with Gasteiger partial charge in [0, 0.05) is 51.4 Å². The standard InChI is InChI=1S/C21H30ClF3N4O2/c1-14-12-28(13-15(2)31-14)7-3-6-26-20(30)16-4-8-29(9-5-16)19-18(22)10-17(11-27-19)21(23,24)25/h10-11,14-16H,3-9,12-13H2,1-2H3,(H,26,30)/t14-,15-/m1/s1. The first-order valence-corrected chi connectivity index (χ1v) is 11.1. The number of nitrogens with zero attached hydrogens (tertiary/aromatic N) is 3. The number of aromatic nitrogens is 1. The Morgan fingerprint density at radius 1 is 1.26 bits per heavy atom. The summed E-state index contributed by atoms with van der Waals surface area (Å²) in [5.74, 6) is 0.269. The predicted octanol–water partition coefficient (Wildman–Crippen LogP) is 3.59. The molecule has 2 atom stereocenters. The van der Waals surface area contributed by atoms with E-state index in [4.69, 9.17) is 16.3 Å². The van der Waals surface area contributed by atoms with Crippen molar-refractivity contribution in [3.05, 3.63) is 22.8 Å². The Labute approximate surface area is 186 Å². The van der Waals surface area contributed by atoms with Crippen molar-refractivity contribution in [1.29, 1.82) is 0 Å². The number of rotatable bonds is 6. The van der Waals surface area contributed by atoms with E-state index in [9.17, 15) is 18.0 Å². The molecule has 0 bridgehead atoms. The number of pyridine rings is 1. The highest BCUT2D eigenvalue weighted by Gasteiger charge is 2.33. The van der Waals surface area contributed by atoms with Crippen LogP contribution in [0, 0.1) is 5.92 Å². The lowest BCUT2D eigenvalue weighted by atomic mass is 9.96. The zero-order chi connectivity index (χ0) is 22.6. The molecule has 3 rings (SSSR count). The molecule has 31 heavy (non-hydrogen) atoms. The third kappa shape index (κ3) is 6.70. The normalized spacial score (nSPS) is 23.7. The molecular weight excluding hydrogens is 433 g/mol. The van der Waals surface area contributed by atoms with E-state index < -0.39 is 11.7 Å². The van der Waals surface area contributed by atoms with Gasteiger partial charge in [0.2, 0.25) is 5.91 Å². The average Bonchev–Trinajstić information content (AvgIpc) is 2.70. The number of carbonyl (C=O) groups excluding carboxylic acids is 1.